The third-order valence-electron chi connectivity index (χ3n) is 5.18. The summed E-state index contributed by atoms with van der Waals surface area (Å²) in [5.41, 5.74) is 7.20. The van der Waals surface area contributed by atoms with Gasteiger partial charge in [-0.15, -0.1) is 0 Å². The first-order valence-electron chi connectivity index (χ1n) is 10.6. The number of hydrogen-bond acceptors (Lipinski definition) is 5. The number of nitrogens with one attached hydrogen (secondary N) is 1. The van der Waals surface area contributed by atoms with E-state index < -0.39 is 0 Å². The fourth-order valence-electron chi connectivity index (χ4n) is 3.53. The molecule has 4 aromatic carbocycles. The molecule has 0 saturated carbocycles. The quantitative estimate of drug-likeness (QED) is 0.191. The van der Waals surface area contributed by atoms with Crippen molar-refractivity contribution in [2.45, 2.75) is 13.1 Å². The monoisotopic (exact) mass is 436 g/mol. The van der Waals surface area contributed by atoms with Crippen molar-refractivity contribution in [3.63, 3.8) is 0 Å². The fraction of sp³-hybridized carbons (Fsp3) is 0.0741. The molecule has 0 saturated heterocycles. The molecule has 0 spiro atoms. The zero-order valence-electron chi connectivity index (χ0n) is 18.0. The number of rotatable bonds is 9. The number of nitrogens with zero attached hydrogens (tertiary/aromatic N) is 3. The molecule has 0 unspecified atom stereocenters. The van der Waals surface area contributed by atoms with Gasteiger partial charge in [0.25, 0.3) is 5.69 Å². The molecule has 0 aromatic heterocycles. The van der Waals surface area contributed by atoms with Gasteiger partial charge >= 0.3 is 0 Å². The molecule has 33 heavy (non-hydrogen) atoms. The van der Waals surface area contributed by atoms with Crippen molar-refractivity contribution >= 4 is 23.3 Å². The minimum atomic E-state index is -0.364. The predicted octanol–water partition coefficient (Wildman–Crippen LogP) is 6.25. The molecule has 0 bridgehead atoms. The molecule has 0 aliphatic rings. The lowest BCUT2D eigenvalue weighted by Crippen LogP contribution is -2.22. The third kappa shape index (κ3) is 6.04. The van der Waals surface area contributed by atoms with E-state index in [4.69, 9.17) is 0 Å². The van der Waals surface area contributed by atoms with Crippen LogP contribution >= 0.6 is 0 Å². The van der Waals surface area contributed by atoms with E-state index in [-0.39, 0.29) is 10.6 Å². The fourth-order valence-corrected chi connectivity index (χ4v) is 3.53. The summed E-state index contributed by atoms with van der Waals surface area (Å²) in [4.78, 5) is 13.6. The third-order valence-corrected chi connectivity index (χ3v) is 5.18. The van der Waals surface area contributed by atoms with Crippen LogP contribution in [-0.4, -0.2) is 11.1 Å². The van der Waals surface area contributed by atoms with E-state index in [1.54, 1.807) is 12.1 Å². The molecule has 0 fully saturated rings. The smallest absolute Gasteiger partial charge is 0.280 e. The van der Waals surface area contributed by atoms with Crippen LogP contribution in [0.2, 0.25) is 0 Å². The van der Waals surface area contributed by atoms with E-state index in [0.717, 1.165) is 22.5 Å². The van der Waals surface area contributed by atoms with Gasteiger partial charge in [0.2, 0.25) is 0 Å². The summed E-state index contributed by atoms with van der Waals surface area (Å²) >= 11 is 0. The van der Waals surface area contributed by atoms with Crippen molar-refractivity contribution in [3.8, 4) is 0 Å². The molecule has 0 heterocycles. The molecule has 4 aromatic rings. The zero-order chi connectivity index (χ0) is 22.9. The van der Waals surface area contributed by atoms with Crippen molar-refractivity contribution in [3.05, 3.63) is 136 Å². The lowest BCUT2D eigenvalue weighted by molar-refractivity contribution is -0.384. The Morgan fingerprint density at radius 3 is 1.88 bits per heavy atom. The first kappa shape index (κ1) is 21.8. The predicted molar refractivity (Wildman–Crippen MR) is 134 cm³/mol. The first-order valence-corrected chi connectivity index (χ1v) is 10.6. The Labute approximate surface area is 193 Å². The Hall–Kier alpha value is -4.45. The second kappa shape index (κ2) is 10.7. The maximum absolute atomic E-state index is 11.9. The van der Waals surface area contributed by atoms with Crippen LogP contribution in [0.5, 0.6) is 0 Å². The molecule has 0 aliphatic heterocycles. The lowest BCUT2D eigenvalue weighted by atomic mass is 10.1. The van der Waals surface area contributed by atoms with Crippen molar-refractivity contribution in [2.75, 3.05) is 10.3 Å². The Balaban J connectivity index is 1.62. The number of hydrogen-bond donors (Lipinski definition) is 1. The van der Waals surface area contributed by atoms with E-state index in [0.29, 0.717) is 18.7 Å². The van der Waals surface area contributed by atoms with E-state index in [9.17, 15) is 10.1 Å². The average Bonchev–Trinajstić information content (AvgIpc) is 2.86. The van der Waals surface area contributed by atoms with E-state index in [1.165, 1.54) is 6.21 Å². The minimum absolute atomic E-state index is 0.0113. The minimum Gasteiger partial charge on any atom is -0.363 e. The molecule has 0 radical (unpaired) electrons. The summed E-state index contributed by atoms with van der Waals surface area (Å²) in [6, 6.07) is 34.9. The second-order valence-corrected chi connectivity index (χ2v) is 7.56. The topological polar surface area (TPSA) is 70.8 Å². The Morgan fingerprint density at radius 1 is 0.788 bits per heavy atom. The largest absolute Gasteiger partial charge is 0.363 e. The number of anilines is 2. The van der Waals surface area contributed by atoms with Gasteiger partial charge in [-0.05, 0) is 35.4 Å². The lowest BCUT2D eigenvalue weighted by Gasteiger charge is -2.25. The zero-order valence-corrected chi connectivity index (χ0v) is 18.0. The van der Waals surface area contributed by atoms with Gasteiger partial charge in [-0.1, -0.05) is 78.9 Å². The molecule has 0 atom stereocenters. The highest BCUT2D eigenvalue weighted by molar-refractivity contribution is 5.87. The van der Waals surface area contributed by atoms with Gasteiger partial charge in [-0.25, -0.2) is 0 Å². The highest BCUT2D eigenvalue weighted by Gasteiger charge is 2.17. The van der Waals surface area contributed by atoms with E-state index in [2.05, 4.69) is 39.7 Å². The standard InChI is InChI=1S/C27H24N4O2/c32-31(33)27-18-26(17-16-24(27)19-28-29-25-14-8-3-9-15-25)30(20-22-10-4-1-5-11-22)21-23-12-6-2-7-13-23/h1-19,29H,20-21H2. The average molecular weight is 437 g/mol. The molecule has 6 nitrogen and oxygen atoms in total. The van der Waals surface area contributed by atoms with Gasteiger partial charge in [-0.3, -0.25) is 15.5 Å². The number of para-hydroxylation sites is 1. The highest BCUT2D eigenvalue weighted by atomic mass is 16.6. The summed E-state index contributed by atoms with van der Waals surface area (Å²) in [5, 5.41) is 16.0. The SMILES string of the molecule is O=[N+]([O-])c1cc(N(Cc2ccccc2)Cc2ccccc2)ccc1C=NNc1ccccc1. The number of benzene rings is 4. The maximum Gasteiger partial charge on any atom is 0.280 e. The molecule has 164 valence electrons. The van der Waals surface area contributed by atoms with Crippen molar-refractivity contribution in [1.29, 1.82) is 0 Å². The molecular weight excluding hydrogens is 412 g/mol. The summed E-state index contributed by atoms with van der Waals surface area (Å²) < 4.78 is 0. The van der Waals surface area contributed by atoms with Crippen LogP contribution in [0.1, 0.15) is 16.7 Å². The van der Waals surface area contributed by atoms with Crippen LogP contribution in [-0.2, 0) is 13.1 Å². The van der Waals surface area contributed by atoms with Gasteiger partial charge in [-0.2, -0.15) is 5.10 Å². The van der Waals surface area contributed by atoms with Gasteiger partial charge < -0.3 is 4.90 Å². The van der Waals surface area contributed by atoms with E-state index >= 15 is 0 Å². The van der Waals surface area contributed by atoms with Crippen molar-refractivity contribution in [1.82, 2.24) is 0 Å². The van der Waals surface area contributed by atoms with Gasteiger partial charge in [0.15, 0.2) is 0 Å². The summed E-state index contributed by atoms with van der Waals surface area (Å²) in [5.74, 6) is 0. The summed E-state index contributed by atoms with van der Waals surface area (Å²) in [6.45, 7) is 1.27. The number of nitro groups is 1. The number of hydrazone groups is 1. The Bertz CT molecular complexity index is 1170. The molecule has 0 aliphatic carbocycles. The normalized spacial score (nSPS) is 10.8. The molecule has 4 rings (SSSR count). The van der Waals surface area contributed by atoms with Gasteiger partial charge in [0, 0.05) is 24.8 Å². The van der Waals surface area contributed by atoms with Crippen LogP contribution in [0.25, 0.3) is 0 Å². The molecular formula is C27H24N4O2. The van der Waals surface area contributed by atoms with Crippen LogP contribution in [0, 0.1) is 10.1 Å². The maximum atomic E-state index is 11.9. The highest BCUT2D eigenvalue weighted by Crippen LogP contribution is 2.27. The molecule has 6 heteroatoms. The number of nitro benzene ring substituents is 1. The van der Waals surface area contributed by atoms with Crippen LogP contribution < -0.4 is 10.3 Å². The summed E-state index contributed by atoms with van der Waals surface area (Å²) in [7, 11) is 0. The summed E-state index contributed by atoms with van der Waals surface area (Å²) in [6.07, 6.45) is 1.48. The Morgan fingerprint density at radius 2 is 1.33 bits per heavy atom. The van der Waals surface area contributed by atoms with E-state index in [1.807, 2.05) is 72.8 Å². The van der Waals surface area contributed by atoms with Gasteiger partial charge in [0.1, 0.15) is 0 Å². The van der Waals surface area contributed by atoms with Gasteiger partial charge in [0.05, 0.1) is 22.4 Å². The second-order valence-electron chi connectivity index (χ2n) is 7.56. The Kier molecular flexibility index (Phi) is 7.08. The molecule has 1 N–H and O–H groups in total. The van der Waals surface area contributed by atoms with Crippen molar-refractivity contribution < 1.29 is 4.92 Å². The van der Waals surface area contributed by atoms with Crippen LogP contribution in [0.4, 0.5) is 17.1 Å². The molecule has 0 amide bonds. The van der Waals surface area contributed by atoms with Crippen molar-refractivity contribution in [2.24, 2.45) is 5.10 Å². The first-order chi connectivity index (χ1) is 16.2. The van der Waals surface area contributed by atoms with Crippen LogP contribution in [0.15, 0.2) is 114 Å². The van der Waals surface area contributed by atoms with Crippen LogP contribution in [0.3, 0.4) is 0 Å².